The van der Waals surface area contributed by atoms with Gasteiger partial charge in [-0.25, -0.2) is 0 Å². The van der Waals surface area contributed by atoms with Crippen molar-refractivity contribution < 1.29 is 9.53 Å². The Morgan fingerprint density at radius 3 is 2.50 bits per heavy atom. The molecule has 1 amide bonds. The smallest absolute Gasteiger partial charge is 0.266 e. The highest BCUT2D eigenvalue weighted by Crippen LogP contribution is 2.20. The van der Waals surface area contributed by atoms with Crippen LogP contribution in [0.15, 0.2) is 72.3 Å². The highest BCUT2D eigenvalue weighted by molar-refractivity contribution is 6.10. The Labute approximate surface area is 152 Å². The van der Waals surface area contributed by atoms with Crippen LogP contribution < -0.4 is 10.1 Å². The average molecular weight is 342 g/mol. The molecule has 4 nitrogen and oxygen atoms in total. The number of benzene rings is 3. The van der Waals surface area contributed by atoms with Crippen LogP contribution in [-0.4, -0.2) is 12.5 Å². The first-order chi connectivity index (χ1) is 12.7. The van der Waals surface area contributed by atoms with Crippen molar-refractivity contribution in [2.24, 2.45) is 0 Å². The van der Waals surface area contributed by atoms with Crippen molar-refractivity contribution in [3.8, 4) is 11.8 Å². The SMILES string of the molecule is CCOc1ccc(/C=C(\C#N)C(=O)Nc2ccc3ccccc3c2)cc1. The summed E-state index contributed by atoms with van der Waals surface area (Å²) >= 11 is 0. The fraction of sp³-hybridized carbons (Fsp3) is 0.0909. The molecule has 26 heavy (non-hydrogen) atoms. The predicted octanol–water partition coefficient (Wildman–Crippen LogP) is 4.78. The van der Waals surface area contributed by atoms with E-state index in [1.807, 2.05) is 79.7 Å². The molecule has 0 aliphatic heterocycles. The summed E-state index contributed by atoms with van der Waals surface area (Å²) in [7, 11) is 0. The maximum atomic E-state index is 12.4. The maximum Gasteiger partial charge on any atom is 0.266 e. The van der Waals surface area contributed by atoms with Crippen molar-refractivity contribution in [3.63, 3.8) is 0 Å². The van der Waals surface area contributed by atoms with Gasteiger partial charge >= 0.3 is 0 Å². The van der Waals surface area contributed by atoms with Crippen LogP contribution in [0.2, 0.25) is 0 Å². The van der Waals surface area contributed by atoms with E-state index in [9.17, 15) is 10.1 Å². The van der Waals surface area contributed by atoms with Crippen molar-refractivity contribution in [2.45, 2.75) is 6.92 Å². The van der Waals surface area contributed by atoms with Gasteiger partial charge < -0.3 is 10.1 Å². The van der Waals surface area contributed by atoms with Crippen LogP contribution in [0.3, 0.4) is 0 Å². The molecule has 0 fully saturated rings. The van der Waals surface area contributed by atoms with Crippen LogP contribution in [-0.2, 0) is 4.79 Å². The summed E-state index contributed by atoms with van der Waals surface area (Å²) in [5.74, 6) is 0.320. The normalized spacial score (nSPS) is 11.0. The Kier molecular flexibility index (Phi) is 5.31. The van der Waals surface area contributed by atoms with Gasteiger partial charge in [0.2, 0.25) is 0 Å². The van der Waals surface area contributed by atoms with E-state index in [1.54, 1.807) is 6.08 Å². The Morgan fingerprint density at radius 1 is 1.08 bits per heavy atom. The molecule has 4 heteroatoms. The Bertz CT molecular complexity index is 999. The lowest BCUT2D eigenvalue weighted by Crippen LogP contribution is -2.13. The second kappa shape index (κ2) is 8.00. The van der Waals surface area contributed by atoms with Gasteiger partial charge in [-0.2, -0.15) is 5.26 Å². The van der Waals surface area contributed by atoms with Gasteiger partial charge in [-0.3, -0.25) is 4.79 Å². The number of nitrogens with zero attached hydrogens (tertiary/aromatic N) is 1. The standard InChI is InChI=1S/C22H18N2O2/c1-2-26-21-11-7-16(8-12-21)13-19(15-23)22(25)24-20-10-9-17-5-3-4-6-18(17)14-20/h3-14H,2H2,1H3,(H,24,25)/b19-13+. The summed E-state index contributed by atoms with van der Waals surface area (Å²) in [6.07, 6.45) is 1.56. The number of nitriles is 1. The minimum atomic E-state index is -0.434. The molecule has 0 radical (unpaired) electrons. The van der Waals surface area contributed by atoms with Gasteiger partial charge in [0.15, 0.2) is 0 Å². The van der Waals surface area contributed by atoms with Crippen LogP contribution >= 0.6 is 0 Å². The fourth-order valence-corrected chi connectivity index (χ4v) is 2.61. The summed E-state index contributed by atoms with van der Waals surface area (Å²) in [6.45, 7) is 2.51. The number of rotatable bonds is 5. The van der Waals surface area contributed by atoms with Crippen LogP contribution in [0.1, 0.15) is 12.5 Å². The minimum Gasteiger partial charge on any atom is -0.494 e. The largest absolute Gasteiger partial charge is 0.494 e. The number of hydrogen-bond donors (Lipinski definition) is 1. The highest BCUT2D eigenvalue weighted by atomic mass is 16.5. The number of anilines is 1. The van der Waals surface area contributed by atoms with E-state index in [2.05, 4.69) is 5.32 Å². The third kappa shape index (κ3) is 4.08. The molecule has 0 aromatic heterocycles. The number of ether oxygens (including phenoxy) is 1. The second-order valence-corrected chi connectivity index (χ2v) is 5.69. The molecule has 1 N–H and O–H groups in total. The van der Waals surface area contributed by atoms with Gasteiger partial charge in [-0.15, -0.1) is 0 Å². The van der Waals surface area contributed by atoms with Gasteiger partial charge in [-0.1, -0.05) is 42.5 Å². The molecule has 0 spiro atoms. The lowest BCUT2D eigenvalue weighted by atomic mass is 10.1. The highest BCUT2D eigenvalue weighted by Gasteiger charge is 2.10. The Morgan fingerprint density at radius 2 is 1.81 bits per heavy atom. The number of carbonyl (C=O) groups is 1. The van der Waals surface area contributed by atoms with E-state index in [-0.39, 0.29) is 5.57 Å². The van der Waals surface area contributed by atoms with E-state index in [4.69, 9.17) is 4.74 Å². The summed E-state index contributed by atoms with van der Waals surface area (Å²) in [5.41, 5.74) is 1.46. The molecule has 128 valence electrons. The third-order valence-electron chi connectivity index (χ3n) is 3.87. The molecule has 0 aliphatic carbocycles. The third-order valence-corrected chi connectivity index (χ3v) is 3.87. The number of hydrogen-bond acceptors (Lipinski definition) is 3. The molecular formula is C22H18N2O2. The zero-order valence-electron chi connectivity index (χ0n) is 14.4. The van der Waals surface area contributed by atoms with Gasteiger partial charge in [0.05, 0.1) is 6.61 Å². The lowest BCUT2D eigenvalue weighted by molar-refractivity contribution is -0.112. The van der Waals surface area contributed by atoms with Gasteiger partial charge in [-0.05, 0) is 53.6 Å². The molecule has 3 rings (SSSR count). The summed E-state index contributed by atoms with van der Waals surface area (Å²) < 4.78 is 5.39. The second-order valence-electron chi connectivity index (χ2n) is 5.69. The molecule has 3 aromatic carbocycles. The average Bonchev–Trinajstić information content (AvgIpc) is 2.67. The first-order valence-electron chi connectivity index (χ1n) is 8.34. The van der Waals surface area contributed by atoms with Crippen molar-refractivity contribution in [3.05, 3.63) is 77.9 Å². The van der Waals surface area contributed by atoms with E-state index in [0.717, 1.165) is 22.1 Å². The summed E-state index contributed by atoms with van der Waals surface area (Å²) in [6, 6.07) is 22.8. The van der Waals surface area contributed by atoms with Crippen LogP contribution in [0, 0.1) is 11.3 Å². The molecular weight excluding hydrogens is 324 g/mol. The zero-order chi connectivity index (χ0) is 18.4. The molecule has 3 aromatic rings. The molecule has 0 saturated carbocycles. The number of fused-ring (bicyclic) bond motifs is 1. The summed E-state index contributed by atoms with van der Waals surface area (Å²) in [5, 5.41) is 14.2. The lowest BCUT2D eigenvalue weighted by Gasteiger charge is -2.06. The molecule has 0 heterocycles. The number of nitrogens with one attached hydrogen (secondary N) is 1. The quantitative estimate of drug-likeness (QED) is 0.536. The Balaban J connectivity index is 1.78. The molecule has 0 saturated heterocycles. The van der Waals surface area contributed by atoms with Crippen LogP contribution in [0.25, 0.3) is 16.8 Å². The topological polar surface area (TPSA) is 62.1 Å². The monoisotopic (exact) mass is 342 g/mol. The maximum absolute atomic E-state index is 12.4. The Hall–Kier alpha value is -3.58. The number of carbonyl (C=O) groups excluding carboxylic acids is 1. The van der Waals surface area contributed by atoms with E-state index in [0.29, 0.717) is 12.3 Å². The number of amides is 1. The molecule has 0 unspecified atom stereocenters. The fourth-order valence-electron chi connectivity index (χ4n) is 2.61. The van der Waals surface area contributed by atoms with Crippen molar-refractivity contribution in [1.29, 1.82) is 5.26 Å². The molecule has 0 bridgehead atoms. The van der Waals surface area contributed by atoms with Crippen LogP contribution in [0.5, 0.6) is 5.75 Å². The van der Waals surface area contributed by atoms with Crippen molar-refractivity contribution >= 4 is 28.4 Å². The van der Waals surface area contributed by atoms with Gasteiger partial charge in [0, 0.05) is 5.69 Å². The minimum absolute atomic E-state index is 0.0438. The predicted molar refractivity (Wildman–Crippen MR) is 104 cm³/mol. The van der Waals surface area contributed by atoms with Crippen molar-refractivity contribution in [1.82, 2.24) is 0 Å². The molecule has 0 aliphatic rings. The first-order valence-corrected chi connectivity index (χ1v) is 8.34. The molecule has 0 atom stereocenters. The van der Waals surface area contributed by atoms with E-state index >= 15 is 0 Å². The van der Waals surface area contributed by atoms with Gasteiger partial charge in [0.1, 0.15) is 17.4 Å². The first kappa shape index (κ1) is 17.2. The van der Waals surface area contributed by atoms with Crippen molar-refractivity contribution in [2.75, 3.05) is 11.9 Å². The van der Waals surface area contributed by atoms with Gasteiger partial charge in [0.25, 0.3) is 5.91 Å². The van der Waals surface area contributed by atoms with E-state index in [1.165, 1.54) is 0 Å². The van der Waals surface area contributed by atoms with Crippen LogP contribution in [0.4, 0.5) is 5.69 Å². The zero-order valence-corrected chi connectivity index (χ0v) is 14.4. The summed E-state index contributed by atoms with van der Waals surface area (Å²) in [4.78, 5) is 12.4. The van der Waals surface area contributed by atoms with E-state index < -0.39 is 5.91 Å².